The third-order valence-corrected chi connectivity index (χ3v) is 5.27. The Kier molecular flexibility index (Phi) is 6.39. The molecule has 1 aliphatic rings. The third kappa shape index (κ3) is 4.01. The zero-order valence-electron chi connectivity index (χ0n) is 15.8. The summed E-state index contributed by atoms with van der Waals surface area (Å²) in [6, 6.07) is 10.5. The Morgan fingerprint density at radius 3 is 2.33 bits per heavy atom. The van der Waals surface area contributed by atoms with Gasteiger partial charge in [-0.05, 0) is 24.6 Å². The molecular formula is C22H16Cl2O6. The molecule has 0 heterocycles. The number of ketones is 3. The second-order valence-corrected chi connectivity index (χ2v) is 7.38. The Morgan fingerprint density at radius 2 is 1.70 bits per heavy atom. The highest BCUT2D eigenvalue weighted by Crippen LogP contribution is 2.41. The number of aliphatic hydroxyl groups is 1. The predicted octanol–water partition coefficient (Wildman–Crippen LogP) is 4.33. The van der Waals surface area contributed by atoms with Gasteiger partial charge in [-0.2, -0.15) is 0 Å². The highest BCUT2D eigenvalue weighted by atomic mass is 35.5. The summed E-state index contributed by atoms with van der Waals surface area (Å²) in [5.41, 5.74) is 0.179. The van der Waals surface area contributed by atoms with E-state index in [9.17, 15) is 24.3 Å². The van der Waals surface area contributed by atoms with E-state index in [2.05, 4.69) is 0 Å². The van der Waals surface area contributed by atoms with Crippen molar-refractivity contribution in [2.45, 2.75) is 19.3 Å². The summed E-state index contributed by atoms with van der Waals surface area (Å²) in [7, 11) is 0. The number of fused-ring (bicyclic) bond motifs is 1. The second-order valence-electron chi connectivity index (χ2n) is 6.53. The maximum Gasteiger partial charge on any atom is 0.374 e. The van der Waals surface area contributed by atoms with E-state index in [4.69, 9.17) is 27.9 Å². The van der Waals surface area contributed by atoms with Crippen LogP contribution in [-0.4, -0.2) is 35.0 Å². The monoisotopic (exact) mass is 446 g/mol. The number of halogens is 2. The fourth-order valence-electron chi connectivity index (χ4n) is 3.34. The molecular weight excluding hydrogens is 431 g/mol. The molecule has 3 rings (SSSR count). The van der Waals surface area contributed by atoms with Gasteiger partial charge in [0, 0.05) is 33.5 Å². The van der Waals surface area contributed by atoms with Crippen LogP contribution in [0.4, 0.5) is 0 Å². The SMILES string of the molecule is CCOC(=O)C(=O)C[C@@H](C1=C(O)c2ccccc2C(=O)C1=O)c1ccc(Cl)cc1Cl. The molecule has 8 heteroatoms. The number of aliphatic hydroxyl groups excluding tert-OH is 1. The van der Waals surface area contributed by atoms with Gasteiger partial charge in [0.25, 0.3) is 0 Å². The van der Waals surface area contributed by atoms with Gasteiger partial charge in [0.2, 0.25) is 17.3 Å². The molecule has 1 N–H and O–H groups in total. The molecule has 0 fully saturated rings. The number of carbonyl (C=O) groups is 4. The highest BCUT2D eigenvalue weighted by molar-refractivity contribution is 6.52. The quantitative estimate of drug-likeness (QED) is 0.523. The van der Waals surface area contributed by atoms with Gasteiger partial charge < -0.3 is 9.84 Å². The molecule has 0 radical (unpaired) electrons. The molecule has 0 unspecified atom stereocenters. The van der Waals surface area contributed by atoms with Crippen molar-refractivity contribution in [1.29, 1.82) is 0 Å². The minimum absolute atomic E-state index is 0.00429. The first-order chi connectivity index (χ1) is 14.3. The normalized spacial score (nSPS) is 14.4. The number of hydrogen-bond acceptors (Lipinski definition) is 6. The molecule has 0 saturated carbocycles. The van der Waals surface area contributed by atoms with E-state index < -0.39 is 41.4 Å². The number of allylic oxidation sites excluding steroid dienone is 1. The molecule has 0 bridgehead atoms. The van der Waals surface area contributed by atoms with E-state index >= 15 is 0 Å². The Labute approximate surface area is 182 Å². The summed E-state index contributed by atoms with van der Waals surface area (Å²) >= 11 is 12.2. The third-order valence-electron chi connectivity index (χ3n) is 4.71. The molecule has 1 aliphatic carbocycles. The molecule has 0 spiro atoms. The number of carbonyl (C=O) groups excluding carboxylic acids is 4. The molecule has 2 aromatic carbocycles. The van der Waals surface area contributed by atoms with Crippen molar-refractivity contribution in [3.8, 4) is 0 Å². The second kappa shape index (κ2) is 8.81. The molecule has 1 atom stereocenters. The number of ether oxygens (including phenoxy) is 1. The van der Waals surface area contributed by atoms with Gasteiger partial charge in [0.15, 0.2) is 0 Å². The lowest BCUT2D eigenvalue weighted by Gasteiger charge is -2.25. The number of esters is 1. The van der Waals surface area contributed by atoms with Crippen LogP contribution >= 0.6 is 23.2 Å². The van der Waals surface area contributed by atoms with Crippen LogP contribution < -0.4 is 0 Å². The van der Waals surface area contributed by atoms with Crippen molar-refractivity contribution in [2.75, 3.05) is 6.61 Å². The zero-order chi connectivity index (χ0) is 22.0. The standard InChI is InChI=1S/C22H16Cl2O6/c1-2-30-22(29)17(25)10-15(12-8-7-11(23)9-16(12)24)18-19(26)13-5-3-4-6-14(13)20(27)21(18)28/h3-9,15,26H,2,10H2,1H3/t15-/m1/s1. The van der Waals surface area contributed by atoms with Crippen LogP contribution in [0, 0.1) is 0 Å². The Hall–Kier alpha value is -2.96. The van der Waals surface area contributed by atoms with Gasteiger partial charge in [-0.1, -0.05) is 53.5 Å². The summed E-state index contributed by atoms with van der Waals surface area (Å²) in [6.07, 6.45) is -0.527. The number of Topliss-reactive ketones (excluding diaryl/α,β-unsaturated/α-hetero) is 3. The van der Waals surface area contributed by atoms with E-state index in [-0.39, 0.29) is 33.9 Å². The van der Waals surface area contributed by atoms with Crippen LogP contribution in [0.5, 0.6) is 0 Å². The topological polar surface area (TPSA) is 97.7 Å². The molecule has 30 heavy (non-hydrogen) atoms. The van der Waals surface area contributed by atoms with E-state index in [1.165, 1.54) is 30.3 Å². The molecule has 2 aromatic rings. The van der Waals surface area contributed by atoms with Crippen LogP contribution in [0.1, 0.15) is 40.7 Å². The summed E-state index contributed by atoms with van der Waals surface area (Å²) in [4.78, 5) is 49.9. The Bertz CT molecular complexity index is 1100. The number of rotatable bonds is 6. The summed E-state index contributed by atoms with van der Waals surface area (Å²) in [5, 5.41) is 11.3. The Morgan fingerprint density at radius 1 is 1.03 bits per heavy atom. The average Bonchev–Trinajstić information content (AvgIpc) is 2.72. The lowest BCUT2D eigenvalue weighted by Crippen LogP contribution is -2.30. The molecule has 6 nitrogen and oxygen atoms in total. The lowest BCUT2D eigenvalue weighted by molar-refractivity contribution is -0.153. The van der Waals surface area contributed by atoms with Crippen LogP contribution in [0.2, 0.25) is 10.0 Å². The number of benzene rings is 2. The van der Waals surface area contributed by atoms with E-state index in [0.29, 0.717) is 5.02 Å². The first kappa shape index (κ1) is 21.7. The molecule has 0 aromatic heterocycles. The van der Waals surface area contributed by atoms with Crippen molar-refractivity contribution in [3.63, 3.8) is 0 Å². The van der Waals surface area contributed by atoms with Crippen molar-refractivity contribution in [3.05, 3.63) is 74.8 Å². The molecule has 0 amide bonds. The first-order valence-corrected chi connectivity index (χ1v) is 9.78. The van der Waals surface area contributed by atoms with Crippen molar-refractivity contribution in [1.82, 2.24) is 0 Å². The van der Waals surface area contributed by atoms with Gasteiger partial charge in [0.05, 0.1) is 12.2 Å². The fraction of sp³-hybridized carbons (Fsp3) is 0.182. The molecule has 154 valence electrons. The lowest BCUT2D eigenvalue weighted by atomic mass is 9.77. The number of hydrogen-bond donors (Lipinski definition) is 1. The van der Waals surface area contributed by atoms with Crippen LogP contribution in [0.15, 0.2) is 48.0 Å². The van der Waals surface area contributed by atoms with Gasteiger partial charge in [-0.3, -0.25) is 14.4 Å². The summed E-state index contributed by atoms with van der Waals surface area (Å²) in [6.45, 7) is 1.54. The highest BCUT2D eigenvalue weighted by Gasteiger charge is 2.39. The zero-order valence-corrected chi connectivity index (χ0v) is 17.3. The molecule has 0 aliphatic heterocycles. The summed E-state index contributed by atoms with van der Waals surface area (Å²) in [5.74, 6) is -5.40. The van der Waals surface area contributed by atoms with Crippen molar-refractivity contribution in [2.24, 2.45) is 0 Å². The van der Waals surface area contributed by atoms with E-state index in [1.807, 2.05) is 0 Å². The van der Waals surface area contributed by atoms with E-state index in [0.717, 1.165) is 0 Å². The first-order valence-electron chi connectivity index (χ1n) is 9.02. The Balaban J connectivity index is 2.19. The fourth-order valence-corrected chi connectivity index (χ4v) is 3.88. The molecule has 0 saturated heterocycles. The largest absolute Gasteiger partial charge is 0.507 e. The van der Waals surface area contributed by atoms with Crippen LogP contribution in [-0.2, 0) is 19.1 Å². The average molecular weight is 447 g/mol. The maximum atomic E-state index is 12.9. The van der Waals surface area contributed by atoms with Crippen molar-refractivity contribution < 1.29 is 29.0 Å². The predicted molar refractivity (Wildman–Crippen MR) is 111 cm³/mol. The van der Waals surface area contributed by atoms with Crippen LogP contribution in [0.25, 0.3) is 5.76 Å². The van der Waals surface area contributed by atoms with Crippen LogP contribution in [0.3, 0.4) is 0 Å². The minimum atomic E-state index is -1.16. The van der Waals surface area contributed by atoms with E-state index in [1.54, 1.807) is 19.1 Å². The van der Waals surface area contributed by atoms with Gasteiger partial charge >= 0.3 is 5.97 Å². The maximum absolute atomic E-state index is 12.9. The van der Waals surface area contributed by atoms with Crippen molar-refractivity contribution >= 4 is 52.3 Å². The minimum Gasteiger partial charge on any atom is -0.507 e. The summed E-state index contributed by atoms with van der Waals surface area (Å²) < 4.78 is 4.74. The van der Waals surface area contributed by atoms with Gasteiger partial charge in [-0.15, -0.1) is 0 Å². The van der Waals surface area contributed by atoms with Gasteiger partial charge in [-0.25, -0.2) is 4.79 Å². The van der Waals surface area contributed by atoms with Gasteiger partial charge in [0.1, 0.15) is 5.76 Å². The smallest absolute Gasteiger partial charge is 0.374 e.